The van der Waals surface area contributed by atoms with Gasteiger partial charge in [0.15, 0.2) is 0 Å². The lowest BCUT2D eigenvalue weighted by Gasteiger charge is -2.20. The van der Waals surface area contributed by atoms with E-state index in [-0.39, 0.29) is 18.5 Å². The fourth-order valence-electron chi connectivity index (χ4n) is 11.1. The second-order valence-electron chi connectivity index (χ2n) is 24.2. The molecule has 77 heavy (non-hydrogen) atoms. The number of allylic oxidation sites excluding steroid dienone is 3. The fraction of sp³-hybridized carbons (Fsp3) is 0.915. The normalized spacial score (nSPS) is 12.6. The molecule has 0 saturated carbocycles. The summed E-state index contributed by atoms with van der Waals surface area (Å²) < 4.78 is 5.49. The number of esters is 1. The van der Waals surface area contributed by atoms with Crippen LogP contribution in [0.5, 0.6) is 0 Å². The first-order valence-electron chi connectivity index (χ1n) is 35.1. The van der Waals surface area contributed by atoms with Crippen LogP contribution < -0.4 is 5.32 Å². The second-order valence-corrected chi connectivity index (χ2v) is 24.2. The first-order chi connectivity index (χ1) is 38.0. The summed E-state index contributed by atoms with van der Waals surface area (Å²) in [6.45, 7) is 4.93. The summed E-state index contributed by atoms with van der Waals surface area (Å²) in [5, 5.41) is 23.3. The first kappa shape index (κ1) is 75.3. The highest BCUT2D eigenvalue weighted by atomic mass is 16.5. The van der Waals surface area contributed by atoms with E-state index in [2.05, 4.69) is 31.3 Å². The standard InChI is InChI=1S/C71H137NO5/c1-3-5-7-9-11-13-15-17-19-20-21-22-23-24-26-29-32-36-39-43-47-51-55-59-63-69(74)68(67-73)72-70(75)64-60-56-52-48-44-40-37-33-30-27-25-28-31-34-38-42-46-50-54-58-62-66-77-71(76)65-61-57-53-49-45-41-35-18-16-14-12-10-8-6-4-2/h18,35,59,63,68-69,73-74H,3-17,19-34,36-58,60-62,64-67H2,1-2H3,(H,72,75)/b35-18-,63-59+. The summed E-state index contributed by atoms with van der Waals surface area (Å²) in [7, 11) is 0. The Labute approximate surface area is 481 Å². The van der Waals surface area contributed by atoms with E-state index in [4.69, 9.17) is 4.74 Å². The Hall–Kier alpha value is -1.66. The minimum atomic E-state index is -0.847. The van der Waals surface area contributed by atoms with E-state index in [0.29, 0.717) is 19.4 Å². The van der Waals surface area contributed by atoms with Crippen LogP contribution in [0.4, 0.5) is 0 Å². The van der Waals surface area contributed by atoms with Crippen LogP contribution in [0.2, 0.25) is 0 Å². The molecule has 3 N–H and O–H groups in total. The molecule has 0 radical (unpaired) electrons. The minimum absolute atomic E-state index is 0.00439. The van der Waals surface area contributed by atoms with Crippen LogP contribution in [0.1, 0.15) is 393 Å². The fourth-order valence-corrected chi connectivity index (χ4v) is 11.1. The molecule has 0 heterocycles. The van der Waals surface area contributed by atoms with Crippen molar-refractivity contribution in [1.29, 1.82) is 0 Å². The molecule has 0 aromatic heterocycles. The molecular formula is C71H137NO5. The molecule has 6 heteroatoms. The molecule has 0 aliphatic heterocycles. The largest absolute Gasteiger partial charge is 0.466 e. The molecule has 2 unspecified atom stereocenters. The minimum Gasteiger partial charge on any atom is -0.466 e. The summed E-state index contributed by atoms with van der Waals surface area (Å²) in [5.74, 6) is -0.0602. The van der Waals surface area contributed by atoms with E-state index in [1.807, 2.05) is 6.08 Å². The highest BCUT2D eigenvalue weighted by molar-refractivity contribution is 5.76. The van der Waals surface area contributed by atoms with Crippen LogP contribution >= 0.6 is 0 Å². The van der Waals surface area contributed by atoms with Crippen LogP contribution in [-0.2, 0) is 14.3 Å². The Balaban J connectivity index is 3.41. The van der Waals surface area contributed by atoms with E-state index in [0.717, 1.165) is 44.9 Å². The third kappa shape index (κ3) is 63.4. The van der Waals surface area contributed by atoms with Gasteiger partial charge >= 0.3 is 5.97 Å². The number of aliphatic hydroxyl groups is 2. The van der Waals surface area contributed by atoms with Gasteiger partial charge in [-0.05, 0) is 57.8 Å². The smallest absolute Gasteiger partial charge is 0.305 e. The average molecular weight is 1080 g/mol. The topological polar surface area (TPSA) is 95.9 Å². The molecule has 0 aliphatic carbocycles. The van der Waals surface area contributed by atoms with Gasteiger partial charge in [-0.15, -0.1) is 0 Å². The van der Waals surface area contributed by atoms with Gasteiger partial charge in [0, 0.05) is 12.8 Å². The number of carbonyl (C=O) groups excluding carboxylic acids is 2. The third-order valence-electron chi connectivity index (χ3n) is 16.5. The van der Waals surface area contributed by atoms with E-state index < -0.39 is 12.1 Å². The highest BCUT2D eigenvalue weighted by Crippen LogP contribution is 2.19. The number of carbonyl (C=O) groups is 2. The number of ether oxygens (including phenoxy) is 1. The Bertz CT molecular complexity index is 1200. The molecule has 2 atom stereocenters. The lowest BCUT2D eigenvalue weighted by atomic mass is 10.0. The van der Waals surface area contributed by atoms with Crippen molar-refractivity contribution < 1.29 is 24.5 Å². The molecule has 0 fully saturated rings. The van der Waals surface area contributed by atoms with Crippen molar-refractivity contribution >= 4 is 11.9 Å². The predicted molar refractivity (Wildman–Crippen MR) is 338 cm³/mol. The lowest BCUT2D eigenvalue weighted by Crippen LogP contribution is -2.45. The van der Waals surface area contributed by atoms with Gasteiger partial charge in [-0.1, -0.05) is 346 Å². The number of nitrogens with one attached hydrogen (secondary N) is 1. The molecule has 0 bridgehead atoms. The van der Waals surface area contributed by atoms with Crippen molar-refractivity contribution in [2.45, 2.75) is 405 Å². The van der Waals surface area contributed by atoms with Crippen molar-refractivity contribution in [1.82, 2.24) is 5.32 Å². The van der Waals surface area contributed by atoms with Gasteiger partial charge in [0.25, 0.3) is 0 Å². The number of rotatable bonds is 66. The SMILES string of the molecule is CCCCCCCC/C=C\CCCCCCCC(=O)OCCCCCCCCCCCCCCCCCCCCCCCC(=O)NC(CO)C(O)/C=C/CCCCCCCCCCCCCCCCCCCCCCCC. The van der Waals surface area contributed by atoms with Gasteiger partial charge in [0.05, 0.1) is 25.4 Å². The quantitative estimate of drug-likeness (QED) is 0.0320. The highest BCUT2D eigenvalue weighted by Gasteiger charge is 2.18. The monoisotopic (exact) mass is 1080 g/mol. The van der Waals surface area contributed by atoms with E-state index in [9.17, 15) is 19.8 Å². The lowest BCUT2D eigenvalue weighted by molar-refractivity contribution is -0.143. The summed E-state index contributed by atoms with van der Waals surface area (Å²) in [4.78, 5) is 24.6. The zero-order valence-electron chi connectivity index (χ0n) is 52.2. The van der Waals surface area contributed by atoms with Crippen molar-refractivity contribution in [3.05, 3.63) is 24.3 Å². The van der Waals surface area contributed by atoms with Gasteiger partial charge < -0.3 is 20.3 Å². The maximum Gasteiger partial charge on any atom is 0.305 e. The second kappa shape index (κ2) is 66.8. The molecule has 6 nitrogen and oxygen atoms in total. The number of unbranched alkanes of at least 4 members (excludes halogenated alkanes) is 53. The van der Waals surface area contributed by atoms with Gasteiger partial charge in [0.1, 0.15) is 0 Å². The van der Waals surface area contributed by atoms with Gasteiger partial charge in [0.2, 0.25) is 5.91 Å². The molecule has 0 aliphatic rings. The van der Waals surface area contributed by atoms with Crippen LogP contribution in [0.3, 0.4) is 0 Å². The van der Waals surface area contributed by atoms with Crippen LogP contribution in [0, 0.1) is 0 Å². The van der Waals surface area contributed by atoms with E-state index in [1.54, 1.807) is 6.08 Å². The molecular weight excluding hydrogens is 947 g/mol. The van der Waals surface area contributed by atoms with Gasteiger partial charge in [-0.25, -0.2) is 0 Å². The molecule has 0 aromatic carbocycles. The van der Waals surface area contributed by atoms with Gasteiger partial charge in [-0.3, -0.25) is 9.59 Å². The van der Waals surface area contributed by atoms with Crippen molar-refractivity contribution in [3.8, 4) is 0 Å². The van der Waals surface area contributed by atoms with Crippen molar-refractivity contribution in [3.63, 3.8) is 0 Å². The number of amides is 1. The summed E-state index contributed by atoms with van der Waals surface area (Å²) in [6, 6.07) is -0.630. The number of aliphatic hydroxyl groups excluding tert-OH is 2. The molecule has 0 saturated heterocycles. The summed E-state index contributed by atoms with van der Waals surface area (Å²) in [5.41, 5.74) is 0. The third-order valence-corrected chi connectivity index (χ3v) is 16.5. The van der Waals surface area contributed by atoms with Crippen molar-refractivity contribution in [2.24, 2.45) is 0 Å². The zero-order valence-corrected chi connectivity index (χ0v) is 52.2. The molecule has 456 valence electrons. The summed E-state index contributed by atoms with van der Waals surface area (Å²) >= 11 is 0. The molecule has 1 amide bonds. The maximum atomic E-state index is 12.5. The Morgan fingerprint density at radius 2 is 0.610 bits per heavy atom. The summed E-state index contributed by atoms with van der Waals surface area (Å²) in [6.07, 6.45) is 83.9. The molecule has 0 rings (SSSR count). The average Bonchev–Trinajstić information content (AvgIpc) is 3.43. The first-order valence-corrected chi connectivity index (χ1v) is 35.1. The van der Waals surface area contributed by atoms with Crippen LogP contribution in [0.15, 0.2) is 24.3 Å². The number of hydrogen-bond donors (Lipinski definition) is 3. The Kier molecular flexibility index (Phi) is 65.4. The maximum absolute atomic E-state index is 12.5. The Morgan fingerprint density at radius 1 is 0.351 bits per heavy atom. The van der Waals surface area contributed by atoms with Gasteiger partial charge in [-0.2, -0.15) is 0 Å². The van der Waals surface area contributed by atoms with E-state index in [1.165, 1.54) is 321 Å². The number of hydrogen-bond acceptors (Lipinski definition) is 5. The van der Waals surface area contributed by atoms with Crippen molar-refractivity contribution in [2.75, 3.05) is 13.2 Å². The molecule has 0 aromatic rings. The van der Waals surface area contributed by atoms with Crippen LogP contribution in [-0.4, -0.2) is 47.4 Å². The zero-order chi connectivity index (χ0) is 55.7. The molecule has 0 spiro atoms. The Morgan fingerprint density at radius 3 is 0.922 bits per heavy atom. The van der Waals surface area contributed by atoms with E-state index >= 15 is 0 Å². The predicted octanol–water partition coefficient (Wildman–Crippen LogP) is 22.5. The van der Waals surface area contributed by atoms with Crippen LogP contribution in [0.25, 0.3) is 0 Å².